The number of nitrogens with zero attached hydrogens (tertiary/aromatic N) is 5. The molecule has 43 heavy (non-hydrogen) atoms. The number of carbonyl (C=O) groups excluding carboxylic acids is 2. The number of hydrogen-bond acceptors (Lipinski definition) is 6. The van der Waals surface area contributed by atoms with Gasteiger partial charge in [0.05, 0.1) is 18.0 Å². The Balaban J connectivity index is 0.00000308. The Morgan fingerprint density at radius 3 is 2.26 bits per heavy atom. The third-order valence-electron chi connectivity index (χ3n) is 7.25. The van der Waals surface area contributed by atoms with Gasteiger partial charge in [-0.05, 0) is 74.1 Å². The molecule has 0 bridgehead atoms. The third kappa shape index (κ3) is 9.80. The molecule has 0 fully saturated rings. The second kappa shape index (κ2) is 17.4. The van der Waals surface area contributed by atoms with Crippen molar-refractivity contribution in [2.75, 3.05) is 43.1 Å². The standard InChI is InChI=1S/C32H41N5O3.3ClH/c1-24(2)22-37-28-10-9-27(20-29(28)35(5)30(38)32(3,4)31(37)39)40-19-7-17-36(23-26-11-15-33-16-12-26)18-13-25-8-6-14-34-21-25;;;/h6,8-12,14-16,20-21,24H,7,13,17-19,22-23H2,1-5H3;3*1H. The van der Waals surface area contributed by atoms with Gasteiger partial charge in [0.25, 0.3) is 0 Å². The maximum Gasteiger partial charge on any atom is 0.242 e. The Morgan fingerprint density at radius 2 is 1.60 bits per heavy atom. The molecule has 0 aliphatic carbocycles. The minimum atomic E-state index is -1.14. The molecule has 0 saturated heterocycles. The van der Waals surface area contributed by atoms with Crippen LogP contribution >= 0.6 is 37.2 Å². The summed E-state index contributed by atoms with van der Waals surface area (Å²) >= 11 is 0. The smallest absolute Gasteiger partial charge is 0.242 e. The molecule has 11 heteroatoms. The Labute approximate surface area is 274 Å². The van der Waals surface area contributed by atoms with Gasteiger partial charge in [-0.3, -0.25) is 24.5 Å². The second-order valence-electron chi connectivity index (χ2n) is 11.4. The molecule has 1 aliphatic rings. The topological polar surface area (TPSA) is 78.9 Å². The van der Waals surface area contributed by atoms with Gasteiger partial charge in [0.1, 0.15) is 11.2 Å². The molecule has 3 aromatic rings. The molecule has 1 aromatic carbocycles. The van der Waals surface area contributed by atoms with Crippen LogP contribution in [0.5, 0.6) is 5.75 Å². The lowest BCUT2D eigenvalue weighted by molar-refractivity contribution is -0.137. The van der Waals surface area contributed by atoms with E-state index in [0.717, 1.165) is 38.2 Å². The van der Waals surface area contributed by atoms with Crippen LogP contribution < -0.4 is 14.5 Å². The lowest BCUT2D eigenvalue weighted by atomic mass is 9.90. The molecule has 0 N–H and O–H groups in total. The zero-order chi connectivity index (χ0) is 28.7. The van der Waals surface area contributed by atoms with E-state index in [1.54, 1.807) is 36.9 Å². The van der Waals surface area contributed by atoms with Crippen LogP contribution in [-0.2, 0) is 22.6 Å². The summed E-state index contributed by atoms with van der Waals surface area (Å²) in [7, 11) is 1.73. The number of fused-ring (bicyclic) bond motifs is 1. The monoisotopic (exact) mass is 651 g/mol. The largest absolute Gasteiger partial charge is 0.493 e. The molecule has 2 amide bonds. The van der Waals surface area contributed by atoms with Crippen molar-refractivity contribution in [2.45, 2.75) is 47.1 Å². The lowest BCUT2D eigenvalue weighted by Gasteiger charge is -2.29. The highest BCUT2D eigenvalue weighted by Gasteiger charge is 2.45. The van der Waals surface area contributed by atoms with Gasteiger partial charge >= 0.3 is 0 Å². The van der Waals surface area contributed by atoms with Gasteiger partial charge in [-0.2, -0.15) is 0 Å². The van der Waals surface area contributed by atoms with E-state index < -0.39 is 5.41 Å². The van der Waals surface area contributed by atoms with Crippen molar-refractivity contribution in [3.8, 4) is 5.75 Å². The zero-order valence-electron chi connectivity index (χ0n) is 25.6. The van der Waals surface area contributed by atoms with Crippen molar-refractivity contribution in [2.24, 2.45) is 11.3 Å². The maximum absolute atomic E-state index is 13.4. The minimum absolute atomic E-state index is 0. The summed E-state index contributed by atoms with van der Waals surface area (Å²) in [5, 5.41) is 0. The molecule has 0 spiro atoms. The highest BCUT2D eigenvalue weighted by molar-refractivity contribution is 6.20. The van der Waals surface area contributed by atoms with E-state index >= 15 is 0 Å². The van der Waals surface area contributed by atoms with Gasteiger partial charge in [-0.1, -0.05) is 19.9 Å². The zero-order valence-corrected chi connectivity index (χ0v) is 28.0. The number of halogens is 3. The maximum atomic E-state index is 13.4. The number of rotatable bonds is 12. The molecule has 0 radical (unpaired) electrons. The normalized spacial score (nSPS) is 13.9. The number of benzene rings is 1. The molecular formula is C32H44Cl3N5O3. The summed E-state index contributed by atoms with van der Waals surface area (Å²) in [6.45, 7) is 11.3. The SMILES string of the molecule is CC(C)CN1C(=O)C(C)(C)C(=O)N(C)c2cc(OCCCN(CCc3cccnc3)Cc3ccncc3)ccc21.Cl.Cl.Cl. The van der Waals surface area contributed by atoms with Crippen LogP contribution in [0.2, 0.25) is 0 Å². The Morgan fingerprint density at radius 1 is 0.884 bits per heavy atom. The van der Waals surface area contributed by atoms with Gasteiger partial charge in [-0.15, -0.1) is 37.2 Å². The van der Waals surface area contributed by atoms with Gasteiger partial charge in [0, 0.05) is 64.1 Å². The van der Waals surface area contributed by atoms with E-state index in [-0.39, 0.29) is 55.0 Å². The number of ether oxygens (including phenoxy) is 1. The summed E-state index contributed by atoms with van der Waals surface area (Å²) in [6, 6.07) is 13.9. The van der Waals surface area contributed by atoms with Gasteiger partial charge in [0.2, 0.25) is 11.8 Å². The van der Waals surface area contributed by atoms with Gasteiger partial charge in [-0.25, -0.2) is 0 Å². The van der Waals surface area contributed by atoms with E-state index in [1.165, 1.54) is 11.1 Å². The van der Waals surface area contributed by atoms with Crippen molar-refractivity contribution < 1.29 is 14.3 Å². The van der Waals surface area contributed by atoms with Crippen molar-refractivity contribution in [3.05, 3.63) is 78.4 Å². The Hall–Kier alpha value is -2.91. The minimum Gasteiger partial charge on any atom is -0.493 e. The van der Waals surface area contributed by atoms with Crippen LogP contribution in [0.3, 0.4) is 0 Å². The first-order valence-electron chi connectivity index (χ1n) is 14.0. The number of amides is 2. The first kappa shape index (κ1) is 38.1. The van der Waals surface area contributed by atoms with E-state index in [9.17, 15) is 9.59 Å². The Bertz CT molecular complexity index is 1300. The first-order valence-corrected chi connectivity index (χ1v) is 14.0. The van der Waals surface area contributed by atoms with Crippen LogP contribution in [0.25, 0.3) is 0 Å². The summed E-state index contributed by atoms with van der Waals surface area (Å²) in [5.74, 6) is 0.551. The van der Waals surface area contributed by atoms with Crippen LogP contribution in [0, 0.1) is 11.3 Å². The van der Waals surface area contributed by atoms with Crippen molar-refractivity contribution in [3.63, 3.8) is 0 Å². The van der Waals surface area contributed by atoms with E-state index in [4.69, 9.17) is 4.74 Å². The van der Waals surface area contributed by atoms with Crippen LogP contribution in [0.4, 0.5) is 11.4 Å². The van der Waals surface area contributed by atoms with Crippen molar-refractivity contribution in [1.82, 2.24) is 14.9 Å². The highest BCUT2D eigenvalue weighted by atomic mass is 35.5. The highest BCUT2D eigenvalue weighted by Crippen LogP contribution is 2.40. The van der Waals surface area contributed by atoms with Crippen molar-refractivity contribution in [1.29, 1.82) is 0 Å². The molecule has 236 valence electrons. The summed E-state index contributed by atoms with van der Waals surface area (Å²) in [4.78, 5) is 40.8. The summed E-state index contributed by atoms with van der Waals surface area (Å²) in [6.07, 6.45) is 9.14. The summed E-state index contributed by atoms with van der Waals surface area (Å²) in [5.41, 5.74) is 2.74. The molecule has 1 aliphatic heterocycles. The third-order valence-corrected chi connectivity index (χ3v) is 7.25. The van der Waals surface area contributed by atoms with Crippen LogP contribution in [0.15, 0.2) is 67.3 Å². The number of hydrogen-bond donors (Lipinski definition) is 0. The lowest BCUT2D eigenvalue weighted by Crippen LogP contribution is -2.48. The van der Waals surface area contributed by atoms with Crippen LogP contribution in [0.1, 0.15) is 45.2 Å². The molecule has 4 rings (SSSR count). The molecule has 0 atom stereocenters. The number of aromatic nitrogens is 2. The molecule has 2 aromatic heterocycles. The average molecular weight is 653 g/mol. The predicted octanol–water partition coefficient (Wildman–Crippen LogP) is 6.25. The van der Waals surface area contributed by atoms with Gasteiger partial charge in [0.15, 0.2) is 0 Å². The molecule has 3 heterocycles. The molecule has 0 saturated carbocycles. The number of anilines is 2. The number of pyridine rings is 2. The first-order chi connectivity index (χ1) is 19.2. The van der Waals surface area contributed by atoms with E-state index in [1.807, 2.05) is 42.9 Å². The average Bonchev–Trinajstić information content (AvgIpc) is 3.00. The second-order valence-corrected chi connectivity index (χ2v) is 11.4. The van der Waals surface area contributed by atoms with Gasteiger partial charge < -0.3 is 14.5 Å². The summed E-state index contributed by atoms with van der Waals surface area (Å²) < 4.78 is 6.17. The fraction of sp³-hybridized carbons (Fsp3) is 0.438. The fourth-order valence-electron chi connectivity index (χ4n) is 5.03. The Kier molecular flexibility index (Phi) is 15.4. The molecule has 8 nitrogen and oxygen atoms in total. The molecule has 0 unspecified atom stereocenters. The van der Waals surface area contributed by atoms with Crippen LogP contribution in [-0.4, -0.2) is 60.0 Å². The van der Waals surface area contributed by atoms with E-state index in [0.29, 0.717) is 24.6 Å². The van der Waals surface area contributed by atoms with Crippen molar-refractivity contribution >= 4 is 60.4 Å². The molecular weight excluding hydrogens is 609 g/mol. The predicted molar refractivity (Wildman–Crippen MR) is 180 cm³/mol. The fourth-order valence-corrected chi connectivity index (χ4v) is 5.03. The quantitative estimate of drug-likeness (QED) is 0.170. The number of carbonyl (C=O) groups is 2. The van der Waals surface area contributed by atoms with E-state index in [2.05, 4.69) is 46.9 Å².